The first-order valence-electron chi connectivity index (χ1n) is 7.38. The lowest BCUT2D eigenvalue weighted by atomic mass is 9.93. The maximum atomic E-state index is 13.3. The first-order chi connectivity index (χ1) is 10.4. The van der Waals surface area contributed by atoms with Crippen molar-refractivity contribution < 1.29 is 9.18 Å². The van der Waals surface area contributed by atoms with Gasteiger partial charge >= 0.3 is 0 Å². The lowest BCUT2D eigenvalue weighted by Crippen LogP contribution is -2.37. The van der Waals surface area contributed by atoms with Crippen LogP contribution < -0.4 is 0 Å². The molecule has 0 saturated carbocycles. The lowest BCUT2D eigenvalue weighted by Gasteiger charge is -2.26. The van der Waals surface area contributed by atoms with Gasteiger partial charge in [0.25, 0.3) is 0 Å². The van der Waals surface area contributed by atoms with Crippen LogP contribution in [0.5, 0.6) is 0 Å². The van der Waals surface area contributed by atoms with E-state index in [1.54, 1.807) is 17.2 Å². The minimum Gasteiger partial charge on any atom is -0.340 e. The number of pyridine rings is 1. The summed E-state index contributed by atoms with van der Waals surface area (Å²) in [6.07, 6.45) is 2.47. The number of hydrogen-bond donors (Lipinski definition) is 0. The summed E-state index contributed by atoms with van der Waals surface area (Å²) in [5, 5.41) is 0. The Hall–Kier alpha value is -2.23. The molecule has 22 heavy (non-hydrogen) atoms. The zero-order chi connectivity index (χ0) is 15.9. The molecule has 1 atom stereocenters. The van der Waals surface area contributed by atoms with Crippen LogP contribution in [-0.4, -0.2) is 28.4 Å². The molecule has 3 nitrogen and oxygen atoms in total. The minimum absolute atomic E-state index is 0.107. The molecule has 1 fully saturated rings. The number of carbonyl (C=O) groups excluding carboxylic acids is 1. The number of hydrogen-bond acceptors (Lipinski definition) is 2. The molecule has 114 valence electrons. The molecule has 0 radical (unpaired) electrons. The Morgan fingerprint density at radius 3 is 2.55 bits per heavy atom. The highest BCUT2D eigenvalue weighted by Gasteiger charge is 2.43. The average molecular weight is 298 g/mol. The SMILES string of the molecule is CN1C(=O)C(c2ccc(-c3cccc(F)c3)cn2)CC1(C)C. The molecule has 1 aromatic carbocycles. The fourth-order valence-corrected chi connectivity index (χ4v) is 2.94. The molecule has 1 aliphatic rings. The van der Waals surface area contributed by atoms with Crippen molar-refractivity contribution in [3.8, 4) is 11.1 Å². The molecule has 2 aromatic rings. The topological polar surface area (TPSA) is 33.2 Å². The van der Waals surface area contributed by atoms with Crippen molar-refractivity contribution in [2.24, 2.45) is 0 Å². The van der Waals surface area contributed by atoms with Gasteiger partial charge in [-0.2, -0.15) is 0 Å². The molecule has 2 heterocycles. The van der Waals surface area contributed by atoms with Gasteiger partial charge in [-0.15, -0.1) is 0 Å². The van der Waals surface area contributed by atoms with E-state index < -0.39 is 0 Å². The average Bonchev–Trinajstić information content (AvgIpc) is 2.71. The Morgan fingerprint density at radius 2 is 2.00 bits per heavy atom. The highest BCUT2D eigenvalue weighted by atomic mass is 19.1. The Balaban J connectivity index is 1.88. The maximum absolute atomic E-state index is 13.3. The van der Waals surface area contributed by atoms with Gasteiger partial charge in [-0.05, 0) is 44.0 Å². The van der Waals surface area contributed by atoms with Crippen LogP contribution in [0.4, 0.5) is 4.39 Å². The smallest absolute Gasteiger partial charge is 0.231 e. The number of amides is 1. The fraction of sp³-hybridized carbons (Fsp3) is 0.333. The van der Waals surface area contributed by atoms with Crippen molar-refractivity contribution >= 4 is 5.91 Å². The van der Waals surface area contributed by atoms with Crippen molar-refractivity contribution in [3.05, 3.63) is 54.1 Å². The number of carbonyl (C=O) groups is 1. The third-order valence-electron chi connectivity index (χ3n) is 4.54. The molecule has 0 N–H and O–H groups in total. The van der Waals surface area contributed by atoms with E-state index in [0.29, 0.717) is 0 Å². The summed E-state index contributed by atoms with van der Waals surface area (Å²) in [6, 6.07) is 10.2. The Kier molecular flexibility index (Phi) is 3.47. The second-order valence-electron chi connectivity index (χ2n) is 6.45. The molecule has 1 aromatic heterocycles. The van der Waals surface area contributed by atoms with E-state index in [2.05, 4.69) is 18.8 Å². The minimum atomic E-state index is -0.268. The molecule has 0 bridgehead atoms. The van der Waals surface area contributed by atoms with Crippen LogP contribution >= 0.6 is 0 Å². The van der Waals surface area contributed by atoms with E-state index in [9.17, 15) is 9.18 Å². The Bertz CT molecular complexity index is 709. The van der Waals surface area contributed by atoms with Gasteiger partial charge in [-0.1, -0.05) is 18.2 Å². The fourth-order valence-electron chi connectivity index (χ4n) is 2.94. The summed E-state index contributed by atoms with van der Waals surface area (Å²) < 4.78 is 13.3. The van der Waals surface area contributed by atoms with Crippen molar-refractivity contribution in [1.29, 1.82) is 0 Å². The second kappa shape index (κ2) is 5.20. The van der Waals surface area contributed by atoms with Crippen LogP contribution in [0.1, 0.15) is 31.9 Å². The van der Waals surface area contributed by atoms with E-state index in [0.717, 1.165) is 23.2 Å². The molecular weight excluding hydrogens is 279 g/mol. The number of aromatic nitrogens is 1. The Morgan fingerprint density at radius 1 is 1.23 bits per heavy atom. The molecule has 0 aliphatic carbocycles. The normalized spacial score (nSPS) is 20.5. The van der Waals surface area contributed by atoms with Crippen LogP contribution in [0.25, 0.3) is 11.1 Å². The predicted octanol–water partition coefficient (Wildman–Crippen LogP) is 3.61. The van der Waals surface area contributed by atoms with Gasteiger partial charge in [0.05, 0.1) is 11.6 Å². The molecule has 1 aliphatic heterocycles. The molecule has 0 spiro atoms. The molecule has 1 unspecified atom stereocenters. The van der Waals surface area contributed by atoms with Crippen molar-refractivity contribution in [1.82, 2.24) is 9.88 Å². The number of likely N-dealkylation sites (N-methyl/N-ethyl adjacent to an activating group) is 1. The van der Waals surface area contributed by atoms with Gasteiger partial charge in [0.1, 0.15) is 5.82 Å². The summed E-state index contributed by atoms with van der Waals surface area (Å²) in [6.45, 7) is 4.12. The first-order valence-corrected chi connectivity index (χ1v) is 7.38. The number of likely N-dealkylation sites (tertiary alicyclic amines) is 1. The highest BCUT2D eigenvalue weighted by molar-refractivity contribution is 5.86. The van der Waals surface area contributed by atoms with Crippen LogP contribution in [0.15, 0.2) is 42.6 Å². The standard InChI is InChI=1S/C18H19FN2O/c1-18(2)10-15(17(22)21(18)3)16-8-7-13(11-20-16)12-5-4-6-14(19)9-12/h4-9,11,15H,10H2,1-3H3. The lowest BCUT2D eigenvalue weighted by molar-refractivity contribution is -0.130. The molecule has 1 saturated heterocycles. The quantitative estimate of drug-likeness (QED) is 0.848. The van der Waals surface area contributed by atoms with E-state index in [1.807, 2.05) is 25.2 Å². The van der Waals surface area contributed by atoms with Gasteiger partial charge in [0, 0.05) is 24.3 Å². The van der Waals surface area contributed by atoms with Crippen LogP contribution in [-0.2, 0) is 4.79 Å². The van der Waals surface area contributed by atoms with Crippen molar-refractivity contribution in [2.75, 3.05) is 7.05 Å². The summed E-state index contributed by atoms with van der Waals surface area (Å²) >= 11 is 0. The molecule has 1 amide bonds. The second-order valence-corrected chi connectivity index (χ2v) is 6.45. The van der Waals surface area contributed by atoms with E-state index in [1.165, 1.54) is 12.1 Å². The monoisotopic (exact) mass is 298 g/mol. The molecule has 4 heteroatoms. The largest absolute Gasteiger partial charge is 0.340 e. The summed E-state index contributed by atoms with van der Waals surface area (Å²) in [5.41, 5.74) is 2.27. The molecule has 3 rings (SSSR count). The van der Waals surface area contributed by atoms with Gasteiger partial charge in [0.2, 0.25) is 5.91 Å². The highest BCUT2D eigenvalue weighted by Crippen LogP contribution is 2.38. The van der Waals surface area contributed by atoms with Gasteiger partial charge in [0.15, 0.2) is 0 Å². The number of benzene rings is 1. The zero-order valence-electron chi connectivity index (χ0n) is 13.0. The summed E-state index contributed by atoms with van der Waals surface area (Å²) in [5.74, 6) is -0.353. The van der Waals surface area contributed by atoms with Crippen molar-refractivity contribution in [2.45, 2.75) is 31.7 Å². The number of rotatable bonds is 2. The third-order valence-corrected chi connectivity index (χ3v) is 4.54. The number of nitrogens with zero attached hydrogens (tertiary/aromatic N) is 2. The van der Waals surface area contributed by atoms with Gasteiger partial charge < -0.3 is 4.90 Å². The number of halogens is 1. The van der Waals surface area contributed by atoms with E-state index in [4.69, 9.17) is 0 Å². The molecular formula is C18H19FN2O. The predicted molar refractivity (Wildman–Crippen MR) is 83.8 cm³/mol. The third kappa shape index (κ3) is 2.49. The van der Waals surface area contributed by atoms with Gasteiger partial charge in [-0.25, -0.2) is 4.39 Å². The van der Waals surface area contributed by atoms with Crippen molar-refractivity contribution in [3.63, 3.8) is 0 Å². The van der Waals surface area contributed by atoms with Crippen LogP contribution in [0.3, 0.4) is 0 Å². The van der Waals surface area contributed by atoms with E-state index >= 15 is 0 Å². The zero-order valence-corrected chi connectivity index (χ0v) is 13.0. The van der Waals surface area contributed by atoms with Crippen LogP contribution in [0.2, 0.25) is 0 Å². The maximum Gasteiger partial charge on any atom is 0.231 e. The Labute approximate surface area is 129 Å². The summed E-state index contributed by atoms with van der Waals surface area (Å²) in [7, 11) is 1.84. The van der Waals surface area contributed by atoms with Crippen LogP contribution in [0, 0.1) is 5.82 Å². The first kappa shape index (κ1) is 14.7. The van der Waals surface area contributed by atoms with Gasteiger partial charge in [-0.3, -0.25) is 9.78 Å². The van der Waals surface area contributed by atoms with E-state index in [-0.39, 0.29) is 23.2 Å². The summed E-state index contributed by atoms with van der Waals surface area (Å²) in [4.78, 5) is 18.6.